The second kappa shape index (κ2) is 7.32. The van der Waals surface area contributed by atoms with E-state index in [4.69, 9.17) is 14.2 Å². The van der Waals surface area contributed by atoms with Gasteiger partial charge in [-0.15, -0.1) is 4.98 Å². The van der Waals surface area contributed by atoms with Gasteiger partial charge in [0.15, 0.2) is 0 Å². The van der Waals surface area contributed by atoms with Gasteiger partial charge in [-0.1, -0.05) is 15.9 Å². The highest BCUT2D eigenvalue weighted by Gasteiger charge is 2.14. The molecule has 8 heteroatoms. The summed E-state index contributed by atoms with van der Waals surface area (Å²) < 4.78 is 15.0. The number of alkyl halides is 1. The average molecular weight is 321 g/mol. The van der Waals surface area contributed by atoms with Crippen LogP contribution < -0.4 is 14.4 Å². The Bertz CT molecular complexity index is 358. The number of halogens is 1. The van der Waals surface area contributed by atoms with Crippen molar-refractivity contribution in [2.24, 2.45) is 0 Å². The molecule has 7 nitrogen and oxygen atoms in total. The van der Waals surface area contributed by atoms with Gasteiger partial charge in [-0.3, -0.25) is 0 Å². The molecule has 1 rings (SSSR count). The van der Waals surface area contributed by atoms with E-state index in [1.54, 1.807) is 7.11 Å². The van der Waals surface area contributed by atoms with Crippen LogP contribution in [0.5, 0.6) is 12.0 Å². The highest BCUT2D eigenvalue weighted by atomic mass is 79.9. The van der Waals surface area contributed by atoms with Crippen LogP contribution in [0.4, 0.5) is 5.95 Å². The van der Waals surface area contributed by atoms with Crippen LogP contribution in [0.2, 0.25) is 0 Å². The monoisotopic (exact) mass is 320 g/mol. The second-order valence-electron chi connectivity index (χ2n) is 3.54. The molecule has 18 heavy (non-hydrogen) atoms. The Labute approximate surface area is 115 Å². The second-order valence-corrected chi connectivity index (χ2v) is 4.84. The molecule has 1 aromatic rings. The lowest BCUT2D eigenvalue weighted by atomic mass is 10.4. The Kier molecular flexibility index (Phi) is 6.06. The highest BCUT2D eigenvalue weighted by Crippen LogP contribution is 2.16. The smallest absolute Gasteiger partial charge is 0.324 e. The molecule has 0 amide bonds. The van der Waals surface area contributed by atoms with Crippen molar-refractivity contribution in [2.45, 2.75) is 4.83 Å². The van der Waals surface area contributed by atoms with Gasteiger partial charge < -0.3 is 19.1 Å². The summed E-state index contributed by atoms with van der Waals surface area (Å²) in [6.07, 6.45) is 0. The van der Waals surface area contributed by atoms with Crippen molar-refractivity contribution < 1.29 is 14.2 Å². The zero-order valence-electron chi connectivity index (χ0n) is 10.9. The molecule has 0 radical (unpaired) electrons. The number of hydrogen-bond donors (Lipinski definition) is 0. The predicted octanol–water partition coefficient (Wildman–Crippen LogP) is 0.735. The largest absolute Gasteiger partial charge is 0.467 e. The number of anilines is 1. The van der Waals surface area contributed by atoms with Gasteiger partial charge in [0.25, 0.3) is 0 Å². The lowest BCUT2D eigenvalue weighted by Crippen LogP contribution is -2.29. The van der Waals surface area contributed by atoms with E-state index in [1.807, 2.05) is 11.9 Å². The topological polar surface area (TPSA) is 69.6 Å². The molecule has 1 unspecified atom stereocenters. The number of aromatic nitrogens is 3. The maximum Gasteiger partial charge on any atom is 0.324 e. The quantitative estimate of drug-likeness (QED) is 0.686. The maximum absolute atomic E-state index is 5.05. The van der Waals surface area contributed by atoms with Crippen molar-refractivity contribution in [3.63, 3.8) is 0 Å². The minimum atomic E-state index is 0.182. The molecular weight excluding hydrogens is 304 g/mol. The van der Waals surface area contributed by atoms with Crippen molar-refractivity contribution in [3.05, 3.63) is 0 Å². The summed E-state index contributed by atoms with van der Waals surface area (Å²) in [4.78, 5) is 14.3. The van der Waals surface area contributed by atoms with Crippen molar-refractivity contribution in [2.75, 3.05) is 46.4 Å². The molecule has 1 atom stereocenters. The molecule has 102 valence electrons. The van der Waals surface area contributed by atoms with E-state index in [9.17, 15) is 0 Å². The van der Waals surface area contributed by atoms with Gasteiger partial charge in [0, 0.05) is 20.7 Å². The van der Waals surface area contributed by atoms with Crippen molar-refractivity contribution >= 4 is 21.9 Å². The Balaban J connectivity index is 2.80. The van der Waals surface area contributed by atoms with E-state index in [0.29, 0.717) is 19.1 Å². The average Bonchev–Trinajstić information content (AvgIpc) is 2.38. The maximum atomic E-state index is 5.05. The lowest BCUT2D eigenvalue weighted by molar-refractivity contribution is 0.201. The van der Waals surface area contributed by atoms with Gasteiger partial charge >= 0.3 is 12.0 Å². The summed E-state index contributed by atoms with van der Waals surface area (Å²) in [5, 5.41) is 0. The Morgan fingerprint density at radius 3 is 2.11 bits per heavy atom. The minimum absolute atomic E-state index is 0.182. The van der Waals surface area contributed by atoms with Gasteiger partial charge in [-0.25, -0.2) is 0 Å². The van der Waals surface area contributed by atoms with E-state index in [0.717, 1.165) is 0 Å². The molecule has 0 aromatic carbocycles. The van der Waals surface area contributed by atoms with Gasteiger partial charge in [-0.05, 0) is 0 Å². The molecule has 1 heterocycles. The normalized spacial score (nSPS) is 12.1. The van der Waals surface area contributed by atoms with Crippen LogP contribution in [0.1, 0.15) is 0 Å². The SMILES string of the molecule is COCC(Br)CN(C)c1nc(OC)nc(OC)n1. The molecule has 0 N–H and O–H groups in total. The molecule has 0 saturated heterocycles. The van der Waals surface area contributed by atoms with E-state index in [1.165, 1.54) is 14.2 Å². The fourth-order valence-electron chi connectivity index (χ4n) is 1.29. The van der Waals surface area contributed by atoms with E-state index in [-0.39, 0.29) is 16.8 Å². The third-order valence-corrected chi connectivity index (χ3v) is 2.66. The molecule has 0 aliphatic rings. The molecule has 1 aromatic heterocycles. The van der Waals surface area contributed by atoms with Crippen molar-refractivity contribution in [3.8, 4) is 12.0 Å². The van der Waals surface area contributed by atoms with E-state index < -0.39 is 0 Å². The first-order valence-corrected chi connectivity index (χ1v) is 6.20. The van der Waals surface area contributed by atoms with E-state index in [2.05, 4.69) is 30.9 Å². The van der Waals surface area contributed by atoms with Crippen LogP contribution in [0, 0.1) is 0 Å². The van der Waals surface area contributed by atoms with Crippen molar-refractivity contribution in [1.29, 1.82) is 0 Å². The van der Waals surface area contributed by atoms with Crippen LogP contribution in [-0.4, -0.2) is 61.3 Å². The summed E-state index contributed by atoms with van der Waals surface area (Å²) in [7, 11) is 6.52. The molecule has 0 spiro atoms. The van der Waals surface area contributed by atoms with Crippen LogP contribution in [0.15, 0.2) is 0 Å². The van der Waals surface area contributed by atoms with Gasteiger partial charge in [0.2, 0.25) is 5.95 Å². The Morgan fingerprint density at radius 2 is 1.67 bits per heavy atom. The lowest BCUT2D eigenvalue weighted by Gasteiger charge is -2.20. The number of rotatable bonds is 7. The number of nitrogens with zero attached hydrogens (tertiary/aromatic N) is 4. The molecule has 0 saturated carbocycles. The fraction of sp³-hybridized carbons (Fsp3) is 0.700. The molecule has 0 aliphatic heterocycles. The Morgan fingerprint density at radius 1 is 1.11 bits per heavy atom. The number of ether oxygens (including phenoxy) is 3. The van der Waals surface area contributed by atoms with Gasteiger partial charge in [0.05, 0.1) is 25.7 Å². The number of hydrogen-bond acceptors (Lipinski definition) is 7. The zero-order chi connectivity index (χ0) is 13.5. The molecule has 0 fully saturated rings. The molecule has 0 bridgehead atoms. The first kappa shape index (κ1) is 14.9. The molecular formula is C10H17BrN4O3. The third-order valence-electron chi connectivity index (χ3n) is 2.11. The summed E-state index contributed by atoms with van der Waals surface area (Å²) in [6, 6.07) is 0.447. The first-order valence-electron chi connectivity index (χ1n) is 5.29. The van der Waals surface area contributed by atoms with Gasteiger partial charge in [0.1, 0.15) is 0 Å². The summed E-state index contributed by atoms with van der Waals surface area (Å²) in [5.41, 5.74) is 0. The van der Waals surface area contributed by atoms with Crippen molar-refractivity contribution in [1.82, 2.24) is 15.0 Å². The highest BCUT2D eigenvalue weighted by molar-refractivity contribution is 9.09. The predicted molar refractivity (Wildman–Crippen MR) is 70.8 cm³/mol. The third kappa shape index (κ3) is 4.26. The fourth-order valence-corrected chi connectivity index (χ4v) is 1.99. The summed E-state index contributed by atoms with van der Waals surface area (Å²) >= 11 is 3.51. The van der Waals surface area contributed by atoms with Crippen LogP contribution in [-0.2, 0) is 4.74 Å². The molecule has 0 aliphatic carbocycles. The minimum Gasteiger partial charge on any atom is -0.467 e. The number of methoxy groups -OCH3 is 3. The van der Waals surface area contributed by atoms with Gasteiger partial charge in [-0.2, -0.15) is 9.97 Å². The van der Waals surface area contributed by atoms with Crippen LogP contribution in [0.25, 0.3) is 0 Å². The standard InChI is InChI=1S/C10H17BrN4O3/c1-15(5-7(11)6-16-2)8-12-9(17-3)14-10(13-8)18-4/h7H,5-6H2,1-4H3. The Hall–Kier alpha value is -1.15. The van der Waals surface area contributed by atoms with Crippen LogP contribution >= 0.6 is 15.9 Å². The zero-order valence-corrected chi connectivity index (χ0v) is 12.5. The summed E-state index contributed by atoms with van der Waals surface area (Å²) in [6.45, 7) is 1.29. The van der Waals surface area contributed by atoms with Crippen LogP contribution in [0.3, 0.4) is 0 Å². The van der Waals surface area contributed by atoms with E-state index >= 15 is 0 Å². The first-order chi connectivity index (χ1) is 8.60. The summed E-state index contributed by atoms with van der Waals surface area (Å²) in [5.74, 6) is 0.485.